The number of ether oxygens (including phenoxy) is 1. The Balaban J connectivity index is 2.96. The SMILES string of the molecule is C=C(C)COc1ccc(S(=O)(=O)Cl)cc1F. The first-order valence-electron chi connectivity index (χ1n) is 4.32. The summed E-state index contributed by atoms with van der Waals surface area (Å²) in [6, 6.07) is 3.21. The molecular weight excluding hydrogens is 255 g/mol. The van der Waals surface area contributed by atoms with E-state index in [2.05, 4.69) is 6.58 Å². The molecule has 0 N–H and O–H groups in total. The van der Waals surface area contributed by atoms with Gasteiger partial charge in [0.1, 0.15) is 6.61 Å². The first-order valence-corrected chi connectivity index (χ1v) is 6.63. The van der Waals surface area contributed by atoms with Gasteiger partial charge in [-0.25, -0.2) is 12.8 Å². The van der Waals surface area contributed by atoms with Crippen LogP contribution in [0.3, 0.4) is 0 Å². The fourth-order valence-electron chi connectivity index (χ4n) is 0.951. The standard InChI is InChI=1S/C10H10ClFO3S/c1-7(2)6-15-10-4-3-8(5-9(10)12)16(11,13)14/h3-5H,1,6H2,2H3. The summed E-state index contributed by atoms with van der Waals surface area (Å²) in [5.74, 6) is -0.810. The van der Waals surface area contributed by atoms with Gasteiger partial charge in [-0.2, -0.15) is 0 Å². The van der Waals surface area contributed by atoms with Gasteiger partial charge in [0.2, 0.25) is 0 Å². The lowest BCUT2D eigenvalue weighted by Gasteiger charge is -2.07. The van der Waals surface area contributed by atoms with E-state index in [0.29, 0.717) is 0 Å². The molecule has 0 saturated heterocycles. The highest BCUT2D eigenvalue weighted by Gasteiger charge is 2.13. The molecule has 0 aromatic heterocycles. The molecule has 0 aliphatic heterocycles. The van der Waals surface area contributed by atoms with Crippen LogP contribution in [0, 0.1) is 5.82 Å². The lowest BCUT2D eigenvalue weighted by Crippen LogP contribution is -2.00. The minimum absolute atomic E-state index is 0.0351. The van der Waals surface area contributed by atoms with Gasteiger partial charge in [0.15, 0.2) is 11.6 Å². The Morgan fingerprint density at radius 1 is 1.56 bits per heavy atom. The quantitative estimate of drug-likeness (QED) is 0.620. The zero-order valence-electron chi connectivity index (χ0n) is 8.54. The Kier molecular flexibility index (Phi) is 3.93. The molecule has 0 saturated carbocycles. The number of hydrogen-bond donors (Lipinski definition) is 0. The van der Waals surface area contributed by atoms with E-state index >= 15 is 0 Å². The molecule has 16 heavy (non-hydrogen) atoms. The van der Waals surface area contributed by atoms with E-state index in [1.165, 1.54) is 12.1 Å². The molecule has 3 nitrogen and oxygen atoms in total. The van der Waals surface area contributed by atoms with Crippen molar-refractivity contribution in [2.45, 2.75) is 11.8 Å². The molecule has 1 aromatic carbocycles. The van der Waals surface area contributed by atoms with Crippen molar-refractivity contribution in [3.05, 3.63) is 36.2 Å². The van der Waals surface area contributed by atoms with Crippen LogP contribution in [-0.4, -0.2) is 15.0 Å². The Morgan fingerprint density at radius 3 is 2.62 bits per heavy atom. The number of hydrogen-bond acceptors (Lipinski definition) is 3. The molecule has 6 heteroatoms. The fourth-order valence-corrected chi connectivity index (χ4v) is 1.71. The summed E-state index contributed by atoms with van der Waals surface area (Å²) in [6.45, 7) is 5.49. The van der Waals surface area contributed by atoms with E-state index in [-0.39, 0.29) is 17.3 Å². The molecule has 0 amide bonds. The van der Waals surface area contributed by atoms with Crippen LogP contribution >= 0.6 is 10.7 Å². The minimum atomic E-state index is -3.91. The number of halogens is 2. The van der Waals surface area contributed by atoms with Crippen molar-refractivity contribution < 1.29 is 17.5 Å². The highest BCUT2D eigenvalue weighted by Crippen LogP contribution is 2.23. The predicted octanol–water partition coefficient (Wildman–Crippen LogP) is 2.71. The largest absolute Gasteiger partial charge is 0.486 e. The van der Waals surface area contributed by atoms with E-state index < -0.39 is 14.9 Å². The van der Waals surface area contributed by atoms with Crippen molar-refractivity contribution in [2.75, 3.05) is 6.61 Å². The maximum Gasteiger partial charge on any atom is 0.261 e. The van der Waals surface area contributed by atoms with Gasteiger partial charge in [-0.3, -0.25) is 0 Å². The second kappa shape index (κ2) is 4.84. The maximum absolute atomic E-state index is 13.4. The van der Waals surface area contributed by atoms with Gasteiger partial charge in [-0.05, 0) is 30.7 Å². The first kappa shape index (κ1) is 13.0. The average molecular weight is 265 g/mol. The van der Waals surface area contributed by atoms with Gasteiger partial charge in [0.05, 0.1) is 4.90 Å². The van der Waals surface area contributed by atoms with Gasteiger partial charge in [-0.1, -0.05) is 6.58 Å². The van der Waals surface area contributed by atoms with Crippen molar-refractivity contribution >= 4 is 19.7 Å². The molecule has 0 spiro atoms. The highest BCUT2D eigenvalue weighted by molar-refractivity contribution is 8.13. The molecule has 0 fully saturated rings. The van der Waals surface area contributed by atoms with Gasteiger partial charge in [0, 0.05) is 10.7 Å². The lowest BCUT2D eigenvalue weighted by atomic mass is 10.3. The van der Waals surface area contributed by atoms with Crippen molar-refractivity contribution in [3.63, 3.8) is 0 Å². The van der Waals surface area contributed by atoms with Crippen LogP contribution in [0.1, 0.15) is 6.92 Å². The van der Waals surface area contributed by atoms with Crippen molar-refractivity contribution in [2.24, 2.45) is 0 Å². The Labute approximate surface area is 97.9 Å². The zero-order chi connectivity index (χ0) is 12.3. The summed E-state index contributed by atoms with van der Waals surface area (Å²) in [5.41, 5.74) is 0.730. The predicted molar refractivity (Wildman–Crippen MR) is 59.7 cm³/mol. The van der Waals surface area contributed by atoms with Crippen LogP contribution in [0.4, 0.5) is 4.39 Å². The Hall–Kier alpha value is -1.07. The molecule has 0 aliphatic rings. The van der Waals surface area contributed by atoms with E-state index in [9.17, 15) is 12.8 Å². The van der Waals surface area contributed by atoms with Crippen LogP contribution < -0.4 is 4.74 Å². The van der Waals surface area contributed by atoms with Gasteiger partial charge < -0.3 is 4.74 Å². The van der Waals surface area contributed by atoms with E-state index in [1.807, 2.05) is 0 Å². The van der Waals surface area contributed by atoms with Crippen molar-refractivity contribution in [1.29, 1.82) is 0 Å². The molecule has 1 aromatic rings. The topological polar surface area (TPSA) is 43.4 Å². The number of benzene rings is 1. The van der Waals surface area contributed by atoms with Crippen LogP contribution in [-0.2, 0) is 9.05 Å². The van der Waals surface area contributed by atoms with Gasteiger partial charge >= 0.3 is 0 Å². The molecule has 0 bridgehead atoms. The fraction of sp³-hybridized carbons (Fsp3) is 0.200. The minimum Gasteiger partial charge on any atom is -0.486 e. The highest BCUT2D eigenvalue weighted by atomic mass is 35.7. The van der Waals surface area contributed by atoms with Crippen LogP contribution in [0.2, 0.25) is 0 Å². The summed E-state index contributed by atoms with van der Waals surface area (Å²) in [6.07, 6.45) is 0. The lowest BCUT2D eigenvalue weighted by molar-refractivity contribution is 0.332. The molecule has 0 heterocycles. The normalized spacial score (nSPS) is 11.2. The average Bonchev–Trinajstić information content (AvgIpc) is 2.14. The molecule has 0 unspecified atom stereocenters. The molecule has 0 aliphatic carbocycles. The van der Waals surface area contributed by atoms with Gasteiger partial charge in [-0.15, -0.1) is 0 Å². The van der Waals surface area contributed by atoms with Crippen LogP contribution in [0.15, 0.2) is 35.2 Å². The third kappa shape index (κ3) is 3.50. The van der Waals surface area contributed by atoms with Crippen molar-refractivity contribution in [3.8, 4) is 5.75 Å². The molecule has 0 radical (unpaired) electrons. The maximum atomic E-state index is 13.4. The third-order valence-electron chi connectivity index (χ3n) is 1.66. The summed E-state index contributed by atoms with van der Waals surface area (Å²) in [5, 5.41) is 0. The second-order valence-corrected chi connectivity index (χ2v) is 5.84. The monoisotopic (exact) mass is 264 g/mol. The Bertz CT molecular complexity index is 511. The van der Waals surface area contributed by atoms with Gasteiger partial charge in [0.25, 0.3) is 9.05 Å². The molecular formula is C10H10ClFO3S. The summed E-state index contributed by atoms with van der Waals surface area (Å²) < 4.78 is 40.2. The van der Waals surface area contributed by atoms with E-state index in [4.69, 9.17) is 15.4 Å². The number of rotatable bonds is 4. The van der Waals surface area contributed by atoms with Crippen molar-refractivity contribution in [1.82, 2.24) is 0 Å². The second-order valence-electron chi connectivity index (χ2n) is 3.28. The summed E-state index contributed by atoms with van der Waals surface area (Å²) in [7, 11) is 1.15. The van der Waals surface area contributed by atoms with Crippen LogP contribution in [0.25, 0.3) is 0 Å². The van der Waals surface area contributed by atoms with E-state index in [1.54, 1.807) is 6.92 Å². The third-order valence-corrected chi connectivity index (χ3v) is 3.01. The molecule has 88 valence electrons. The smallest absolute Gasteiger partial charge is 0.261 e. The zero-order valence-corrected chi connectivity index (χ0v) is 10.1. The Morgan fingerprint density at radius 2 is 2.19 bits per heavy atom. The molecule has 0 atom stereocenters. The van der Waals surface area contributed by atoms with E-state index in [0.717, 1.165) is 11.6 Å². The molecule has 1 rings (SSSR count). The first-order chi connectivity index (χ1) is 7.30. The van der Waals surface area contributed by atoms with Crippen LogP contribution in [0.5, 0.6) is 5.75 Å². The summed E-state index contributed by atoms with van der Waals surface area (Å²) in [4.78, 5) is -0.297. The summed E-state index contributed by atoms with van der Waals surface area (Å²) >= 11 is 0.